The van der Waals surface area contributed by atoms with Crippen LogP contribution in [-0.4, -0.2) is 25.5 Å². The van der Waals surface area contributed by atoms with Crippen molar-refractivity contribution in [2.24, 2.45) is 0 Å². The molecule has 0 N–H and O–H groups in total. The van der Waals surface area contributed by atoms with Crippen LogP contribution in [0.1, 0.15) is 17.9 Å². The smallest absolute Gasteiger partial charge is 0.0725 e. The summed E-state index contributed by atoms with van der Waals surface area (Å²) in [6.07, 6.45) is 0.877. The van der Waals surface area contributed by atoms with E-state index in [1.54, 1.807) is 0 Å². The standard InChI is InChI=1S/C16H18N2/c1-18(2)10-9-16(12-17)15-8-7-13-5-3-4-6-14(13)11-15/h3-8,11,16H,9-10H2,1-2H3. The van der Waals surface area contributed by atoms with Crippen LogP contribution in [-0.2, 0) is 0 Å². The van der Waals surface area contributed by atoms with Gasteiger partial charge >= 0.3 is 0 Å². The van der Waals surface area contributed by atoms with Crippen molar-refractivity contribution < 1.29 is 0 Å². The molecule has 0 amide bonds. The maximum Gasteiger partial charge on any atom is 0.0725 e. The van der Waals surface area contributed by atoms with Crippen LogP contribution >= 0.6 is 0 Å². The summed E-state index contributed by atoms with van der Waals surface area (Å²) in [7, 11) is 4.07. The van der Waals surface area contributed by atoms with E-state index in [4.69, 9.17) is 0 Å². The normalized spacial score (nSPS) is 12.6. The Morgan fingerprint density at radius 1 is 1.11 bits per heavy atom. The fourth-order valence-corrected chi connectivity index (χ4v) is 2.12. The first-order valence-electron chi connectivity index (χ1n) is 6.24. The average Bonchev–Trinajstić information content (AvgIpc) is 2.39. The van der Waals surface area contributed by atoms with Gasteiger partial charge in [-0.15, -0.1) is 0 Å². The zero-order chi connectivity index (χ0) is 13.0. The third-order valence-corrected chi connectivity index (χ3v) is 3.20. The molecule has 0 aliphatic rings. The van der Waals surface area contributed by atoms with E-state index in [-0.39, 0.29) is 5.92 Å². The summed E-state index contributed by atoms with van der Waals surface area (Å²) in [4.78, 5) is 2.12. The molecule has 0 bridgehead atoms. The maximum absolute atomic E-state index is 9.30. The van der Waals surface area contributed by atoms with E-state index in [2.05, 4.69) is 41.3 Å². The van der Waals surface area contributed by atoms with Gasteiger partial charge in [0.1, 0.15) is 0 Å². The van der Waals surface area contributed by atoms with Gasteiger partial charge in [-0.1, -0.05) is 36.4 Å². The molecule has 0 fully saturated rings. The second-order valence-corrected chi connectivity index (χ2v) is 4.88. The maximum atomic E-state index is 9.30. The lowest BCUT2D eigenvalue weighted by atomic mass is 9.94. The molecule has 0 saturated carbocycles. The lowest BCUT2D eigenvalue weighted by Crippen LogP contribution is -2.15. The summed E-state index contributed by atoms with van der Waals surface area (Å²) in [5.41, 5.74) is 1.12. The molecule has 0 spiro atoms. The average molecular weight is 238 g/mol. The van der Waals surface area contributed by atoms with Gasteiger partial charge in [0.05, 0.1) is 12.0 Å². The second-order valence-electron chi connectivity index (χ2n) is 4.88. The molecule has 2 rings (SSSR count). The first-order valence-corrected chi connectivity index (χ1v) is 6.24. The summed E-state index contributed by atoms with van der Waals surface area (Å²) in [6, 6.07) is 17.0. The van der Waals surface area contributed by atoms with Crippen LogP contribution < -0.4 is 0 Å². The molecule has 18 heavy (non-hydrogen) atoms. The van der Waals surface area contributed by atoms with Gasteiger partial charge in [-0.3, -0.25) is 0 Å². The van der Waals surface area contributed by atoms with Crippen LogP contribution in [0.5, 0.6) is 0 Å². The van der Waals surface area contributed by atoms with Crippen molar-refractivity contribution in [3.8, 4) is 6.07 Å². The summed E-state index contributed by atoms with van der Waals surface area (Å²) < 4.78 is 0. The van der Waals surface area contributed by atoms with Crippen molar-refractivity contribution in [2.45, 2.75) is 12.3 Å². The van der Waals surface area contributed by atoms with Crippen molar-refractivity contribution in [3.63, 3.8) is 0 Å². The lowest BCUT2D eigenvalue weighted by Gasteiger charge is -2.14. The Bertz CT molecular complexity index is 567. The Morgan fingerprint density at radius 2 is 1.83 bits per heavy atom. The molecule has 0 radical (unpaired) electrons. The SMILES string of the molecule is CN(C)CCC(C#N)c1ccc2ccccc2c1. The van der Waals surface area contributed by atoms with E-state index in [9.17, 15) is 5.26 Å². The molecule has 0 aliphatic carbocycles. The van der Waals surface area contributed by atoms with Crippen LogP contribution in [0.4, 0.5) is 0 Å². The van der Waals surface area contributed by atoms with Gasteiger partial charge in [0.2, 0.25) is 0 Å². The molecule has 2 aromatic rings. The number of hydrogen-bond acceptors (Lipinski definition) is 2. The van der Waals surface area contributed by atoms with Gasteiger partial charge < -0.3 is 4.90 Å². The summed E-state index contributed by atoms with van der Waals surface area (Å²) in [6.45, 7) is 0.936. The van der Waals surface area contributed by atoms with Gasteiger partial charge in [-0.05, 0) is 49.5 Å². The summed E-state index contributed by atoms with van der Waals surface area (Å²) in [5, 5.41) is 11.7. The number of hydrogen-bond donors (Lipinski definition) is 0. The molecule has 1 unspecified atom stereocenters. The van der Waals surface area contributed by atoms with Gasteiger partial charge in [0, 0.05) is 0 Å². The lowest BCUT2D eigenvalue weighted by molar-refractivity contribution is 0.393. The molecule has 0 aliphatic heterocycles. The fraction of sp³-hybridized carbons (Fsp3) is 0.312. The number of nitrogens with zero attached hydrogens (tertiary/aromatic N) is 2. The van der Waals surface area contributed by atoms with Crippen molar-refractivity contribution in [1.29, 1.82) is 5.26 Å². The molecular weight excluding hydrogens is 220 g/mol. The third kappa shape index (κ3) is 2.88. The zero-order valence-electron chi connectivity index (χ0n) is 10.9. The molecule has 2 heteroatoms. The highest BCUT2D eigenvalue weighted by Crippen LogP contribution is 2.23. The molecule has 0 heterocycles. The number of fused-ring (bicyclic) bond motifs is 1. The first-order chi connectivity index (χ1) is 8.70. The molecule has 92 valence electrons. The molecular formula is C16H18N2. The Labute approximate surface area is 108 Å². The van der Waals surface area contributed by atoms with Crippen molar-refractivity contribution >= 4 is 10.8 Å². The van der Waals surface area contributed by atoms with Crippen molar-refractivity contribution in [1.82, 2.24) is 4.90 Å². The highest BCUT2D eigenvalue weighted by atomic mass is 15.0. The minimum atomic E-state index is -0.0167. The predicted molar refractivity (Wildman–Crippen MR) is 75.5 cm³/mol. The fourth-order valence-electron chi connectivity index (χ4n) is 2.12. The molecule has 0 saturated heterocycles. The second kappa shape index (κ2) is 5.66. The Kier molecular flexibility index (Phi) is 3.96. The van der Waals surface area contributed by atoms with Crippen LogP contribution in [0.2, 0.25) is 0 Å². The molecule has 1 atom stereocenters. The van der Waals surface area contributed by atoms with Crippen molar-refractivity contribution in [3.05, 3.63) is 48.0 Å². The summed E-state index contributed by atoms with van der Waals surface area (Å²) >= 11 is 0. The van der Waals surface area contributed by atoms with Crippen LogP contribution in [0, 0.1) is 11.3 Å². The van der Waals surface area contributed by atoms with Crippen LogP contribution in [0.15, 0.2) is 42.5 Å². The van der Waals surface area contributed by atoms with E-state index in [1.807, 2.05) is 26.2 Å². The monoisotopic (exact) mass is 238 g/mol. The van der Waals surface area contributed by atoms with Crippen LogP contribution in [0.25, 0.3) is 10.8 Å². The molecule has 2 nitrogen and oxygen atoms in total. The highest BCUT2D eigenvalue weighted by molar-refractivity contribution is 5.83. The third-order valence-electron chi connectivity index (χ3n) is 3.20. The number of nitriles is 1. The van der Waals surface area contributed by atoms with Gasteiger partial charge in [0.15, 0.2) is 0 Å². The molecule has 2 aromatic carbocycles. The van der Waals surface area contributed by atoms with Gasteiger partial charge in [0.25, 0.3) is 0 Å². The summed E-state index contributed by atoms with van der Waals surface area (Å²) in [5.74, 6) is -0.0167. The number of rotatable bonds is 4. The van der Waals surface area contributed by atoms with Crippen LogP contribution in [0.3, 0.4) is 0 Å². The Hall–Kier alpha value is -1.85. The zero-order valence-corrected chi connectivity index (χ0v) is 10.9. The first kappa shape index (κ1) is 12.6. The van der Waals surface area contributed by atoms with E-state index in [1.165, 1.54) is 10.8 Å². The molecule has 0 aromatic heterocycles. The van der Waals surface area contributed by atoms with E-state index < -0.39 is 0 Å². The van der Waals surface area contributed by atoms with Gasteiger partial charge in [-0.25, -0.2) is 0 Å². The van der Waals surface area contributed by atoms with Gasteiger partial charge in [-0.2, -0.15) is 5.26 Å². The van der Waals surface area contributed by atoms with Crippen molar-refractivity contribution in [2.75, 3.05) is 20.6 Å². The van der Waals surface area contributed by atoms with E-state index in [0.29, 0.717) is 0 Å². The highest BCUT2D eigenvalue weighted by Gasteiger charge is 2.11. The minimum Gasteiger partial charge on any atom is -0.309 e. The quantitative estimate of drug-likeness (QED) is 0.816. The largest absolute Gasteiger partial charge is 0.309 e. The predicted octanol–water partition coefficient (Wildman–Crippen LogP) is 3.40. The van der Waals surface area contributed by atoms with E-state index >= 15 is 0 Å². The topological polar surface area (TPSA) is 27.0 Å². The Morgan fingerprint density at radius 3 is 2.50 bits per heavy atom. The number of benzene rings is 2. The van der Waals surface area contributed by atoms with E-state index in [0.717, 1.165) is 18.5 Å². The minimum absolute atomic E-state index is 0.0167. The Balaban J connectivity index is 2.26.